The van der Waals surface area contributed by atoms with Crippen molar-refractivity contribution in [3.63, 3.8) is 0 Å². The standard InChI is InChI=1S/C21H20FN3O2/c1-3-15-6-4-5-14(2)21(15)23-19(26)13-25-20(27)12-11-18(24-25)16-7-9-17(22)10-8-16/h4-12H,3,13H2,1-2H3,(H,23,26). The zero-order valence-electron chi connectivity index (χ0n) is 15.2. The molecule has 1 amide bonds. The zero-order valence-corrected chi connectivity index (χ0v) is 15.2. The highest BCUT2D eigenvalue weighted by Crippen LogP contribution is 2.21. The molecule has 1 aromatic heterocycles. The number of halogens is 1. The molecular formula is C21H20FN3O2. The lowest BCUT2D eigenvalue weighted by Gasteiger charge is -2.13. The van der Waals surface area contributed by atoms with Crippen molar-refractivity contribution < 1.29 is 9.18 Å². The monoisotopic (exact) mass is 365 g/mol. The SMILES string of the molecule is CCc1cccc(C)c1NC(=O)Cn1nc(-c2ccc(F)cc2)ccc1=O. The number of aryl methyl sites for hydroxylation is 2. The minimum Gasteiger partial charge on any atom is -0.324 e. The van der Waals surface area contributed by atoms with Crippen molar-refractivity contribution in [2.75, 3.05) is 5.32 Å². The van der Waals surface area contributed by atoms with E-state index >= 15 is 0 Å². The Morgan fingerprint density at radius 3 is 2.56 bits per heavy atom. The number of hydrogen-bond acceptors (Lipinski definition) is 3. The minimum atomic E-state index is -0.378. The second-order valence-electron chi connectivity index (χ2n) is 6.23. The summed E-state index contributed by atoms with van der Waals surface area (Å²) in [7, 11) is 0. The van der Waals surface area contributed by atoms with Gasteiger partial charge in [0.15, 0.2) is 0 Å². The molecule has 0 saturated carbocycles. The van der Waals surface area contributed by atoms with Crippen LogP contribution in [0.1, 0.15) is 18.1 Å². The average Bonchev–Trinajstić information content (AvgIpc) is 2.66. The fourth-order valence-electron chi connectivity index (χ4n) is 2.85. The van der Waals surface area contributed by atoms with Crippen LogP contribution in [0.2, 0.25) is 0 Å². The molecule has 0 aliphatic carbocycles. The summed E-state index contributed by atoms with van der Waals surface area (Å²) in [6, 6.07) is 14.5. The first-order valence-corrected chi connectivity index (χ1v) is 8.70. The lowest BCUT2D eigenvalue weighted by Crippen LogP contribution is -2.29. The van der Waals surface area contributed by atoms with Gasteiger partial charge in [-0.3, -0.25) is 9.59 Å². The molecule has 1 N–H and O–H groups in total. The summed E-state index contributed by atoms with van der Waals surface area (Å²) in [4.78, 5) is 24.6. The van der Waals surface area contributed by atoms with Crippen LogP contribution in [0.3, 0.4) is 0 Å². The maximum absolute atomic E-state index is 13.1. The molecule has 1 heterocycles. The molecule has 0 saturated heterocycles. The van der Waals surface area contributed by atoms with Gasteiger partial charge in [0.2, 0.25) is 5.91 Å². The van der Waals surface area contributed by atoms with Crippen LogP contribution in [0.25, 0.3) is 11.3 Å². The molecule has 27 heavy (non-hydrogen) atoms. The third-order valence-electron chi connectivity index (χ3n) is 4.30. The fraction of sp³-hybridized carbons (Fsp3) is 0.190. The highest BCUT2D eigenvalue weighted by Gasteiger charge is 2.11. The number of para-hydroxylation sites is 1. The molecular weight excluding hydrogens is 345 g/mol. The molecule has 0 spiro atoms. The van der Waals surface area contributed by atoms with Crippen LogP contribution in [0.4, 0.5) is 10.1 Å². The molecule has 0 aliphatic heterocycles. The van der Waals surface area contributed by atoms with Crippen LogP contribution in [0.15, 0.2) is 59.4 Å². The summed E-state index contributed by atoms with van der Waals surface area (Å²) in [6.07, 6.45) is 0.787. The molecule has 5 nitrogen and oxygen atoms in total. The van der Waals surface area contributed by atoms with E-state index in [2.05, 4.69) is 10.4 Å². The maximum Gasteiger partial charge on any atom is 0.267 e. The van der Waals surface area contributed by atoms with E-state index < -0.39 is 0 Å². The van der Waals surface area contributed by atoms with Gasteiger partial charge < -0.3 is 5.32 Å². The first-order chi connectivity index (χ1) is 13.0. The molecule has 0 unspecified atom stereocenters. The quantitative estimate of drug-likeness (QED) is 0.752. The Hall–Kier alpha value is -3.28. The number of carbonyl (C=O) groups is 1. The van der Waals surface area contributed by atoms with E-state index in [0.717, 1.165) is 27.9 Å². The number of nitrogens with zero attached hydrogens (tertiary/aromatic N) is 2. The topological polar surface area (TPSA) is 64.0 Å². The molecule has 0 atom stereocenters. The van der Waals surface area contributed by atoms with Crippen LogP contribution in [-0.2, 0) is 17.8 Å². The Labute approximate surface area is 156 Å². The van der Waals surface area contributed by atoms with Crippen molar-refractivity contribution in [1.29, 1.82) is 0 Å². The van der Waals surface area contributed by atoms with E-state index in [1.807, 2.05) is 32.0 Å². The van der Waals surface area contributed by atoms with Crippen molar-refractivity contribution in [1.82, 2.24) is 9.78 Å². The Morgan fingerprint density at radius 2 is 1.85 bits per heavy atom. The van der Waals surface area contributed by atoms with Crippen molar-refractivity contribution in [2.24, 2.45) is 0 Å². The molecule has 2 aromatic carbocycles. The smallest absolute Gasteiger partial charge is 0.267 e. The summed E-state index contributed by atoms with van der Waals surface area (Å²) in [5.74, 6) is -0.679. The number of aromatic nitrogens is 2. The Balaban J connectivity index is 1.83. The molecule has 0 bridgehead atoms. The summed E-state index contributed by atoms with van der Waals surface area (Å²) in [5.41, 5.74) is 3.54. The van der Waals surface area contributed by atoms with Crippen LogP contribution in [0.5, 0.6) is 0 Å². The molecule has 0 aliphatic rings. The van der Waals surface area contributed by atoms with E-state index in [1.165, 1.54) is 18.2 Å². The Kier molecular flexibility index (Phi) is 5.45. The van der Waals surface area contributed by atoms with Gasteiger partial charge in [0.05, 0.1) is 5.69 Å². The summed E-state index contributed by atoms with van der Waals surface area (Å²) in [6.45, 7) is 3.74. The van der Waals surface area contributed by atoms with Crippen LogP contribution in [-0.4, -0.2) is 15.7 Å². The highest BCUT2D eigenvalue weighted by molar-refractivity contribution is 5.92. The molecule has 6 heteroatoms. The van der Waals surface area contributed by atoms with E-state index in [0.29, 0.717) is 11.3 Å². The summed E-state index contributed by atoms with van der Waals surface area (Å²) >= 11 is 0. The largest absolute Gasteiger partial charge is 0.324 e. The molecule has 3 aromatic rings. The van der Waals surface area contributed by atoms with Crippen molar-refractivity contribution in [2.45, 2.75) is 26.8 Å². The minimum absolute atomic E-state index is 0.203. The third kappa shape index (κ3) is 4.28. The van der Waals surface area contributed by atoms with E-state index in [1.54, 1.807) is 18.2 Å². The van der Waals surface area contributed by atoms with Gasteiger partial charge in [-0.15, -0.1) is 0 Å². The van der Waals surface area contributed by atoms with Crippen LogP contribution >= 0.6 is 0 Å². The summed E-state index contributed by atoms with van der Waals surface area (Å²) in [5, 5.41) is 7.12. The lowest BCUT2D eigenvalue weighted by atomic mass is 10.1. The lowest BCUT2D eigenvalue weighted by molar-refractivity contribution is -0.117. The predicted octanol–water partition coefficient (Wildman–Crippen LogP) is 3.56. The van der Waals surface area contributed by atoms with Crippen molar-refractivity contribution >= 4 is 11.6 Å². The van der Waals surface area contributed by atoms with Crippen LogP contribution < -0.4 is 10.9 Å². The Bertz CT molecular complexity index is 1030. The highest BCUT2D eigenvalue weighted by atomic mass is 19.1. The normalized spacial score (nSPS) is 10.6. The van der Waals surface area contributed by atoms with E-state index in [9.17, 15) is 14.0 Å². The van der Waals surface area contributed by atoms with Gasteiger partial charge >= 0.3 is 0 Å². The average molecular weight is 365 g/mol. The summed E-state index contributed by atoms with van der Waals surface area (Å²) < 4.78 is 14.2. The molecule has 3 rings (SSSR count). The van der Waals surface area contributed by atoms with E-state index in [4.69, 9.17) is 0 Å². The second-order valence-corrected chi connectivity index (χ2v) is 6.23. The van der Waals surface area contributed by atoms with Gasteiger partial charge in [-0.2, -0.15) is 5.10 Å². The number of nitrogens with one attached hydrogen (secondary N) is 1. The van der Waals surface area contributed by atoms with Gasteiger partial charge in [-0.05, 0) is 54.8 Å². The van der Waals surface area contributed by atoms with Gasteiger partial charge in [0.1, 0.15) is 12.4 Å². The maximum atomic E-state index is 13.1. The van der Waals surface area contributed by atoms with E-state index in [-0.39, 0.29) is 23.8 Å². The van der Waals surface area contributed by atoms with Crippen molar-refractivity contribution in [3.05, 3.63) is 81.9 Å². The predicted molar refractivity (Wildman–Crippen MR) is 103 cm³/mol. The third-order valence-corrected chi connectivity index (χ3v) is 4.30. The number of carbonyl (C=O) groups excluding carboxylic acids is 1. The van der Waals surface area contributed by atoms with Gasteiger partial charge in [0, 0.05) is 17.3 Å². The second kappa shape index (κ2) is 7.95. The number of anilines is 1. The van der Waals surface area contributed by atoms with Crippen LogP contribution in [0, 0.1) is 12.7 Å². The number of benzene rings is 2. The first kappa shape index (κ1) is 18.5. The molecule has 0 radical (unpaired) electrons. The fourth-order valence-corrected chi connectivity index (χ4v) is 2.85. The Morgan fingerprint density at radius 1 is 1.11 bits per heavy atom. The number of hydrogen-bond donors (Lipinski definition) is 1. The van der Waals surface area contributed by atoms with Gasteiger partial charge in [0.25, 0.3) is 5.56 Å². The zero-order chi connectivity index (χ0) is 19.4. The van der Waals surface area contributed by atoms with Crippen molar-refractivity contribution in [3.8, 4) is 11.3 Å². The van der Waals surface area contributed by atoms with Gasteiger partial charge in [-0.25, -0.2) is 9.07 Å². The molecule has 138 valence electrons. The number of rotatable bonds is 5. The number of amides is 1. The first-order valence-electron chi connectivity index (χ1n) is 8.70. The van der Waals surface area contributed by atoms with Gasteiger partial charge in [-0.1, -0.05) is 25.1 Å². The molecule has 0 fully saturated rings.